The van der Waals surface area contributed by atoms with Crippen LogP contribution in [-0.4, -0.2) is 68.0 Å². The smallest absolute Gasteiger partial charge is 0.274 e. The Balaban J connectivity index is 1.99. The van der Waals surface area contributed by atoms with E-state index in [2.05, 4.69) is 9.97 Å². The second-order valence-electron chi connectivity index (χ2n) is 7.51. The highest BCUT2D eigenvalue weighted by molar-refractivity contribution is 7.91. The normalized spacial score (nSPS) is 17.8. The predicted octanol–water partition coefficient (Wildman–Crippen LogP) is 2.15. The van der Waals surface area contributed by atoms with Crippen LogP contribution >= 0.6 is 11.6 Å². The van der Waals surface area contributed by atoms with E-state index in [1.54, 1.807) is 31.2 Å². The number of halogens is 1. The summed E-state index contributed by atoms with van der Waals surface area (Å²) >= 11 is 6.17. The molecule has 0 saturated carbocycles. The van der Waals surface area contributed by atoms with E-state index in [1.165, 1.54) is 12.0 Å². The third-order valence-electron chi connectivity index (χ3n) is 5.10. The van der Waals surface area contributed by atoms with E-state index < -0.39 is 36.8 Å². The molecule has 2 aromatic rings. The van der Waals surface area contributed by atoms with Gasteiger partial charge in [-0.3, -0.25) is 4.79 Å². The number of methoxy groups -OCH3 is 1. The third kappa shape index (κ3) is 5.57. The van der Waals surface area contributed by atoms with Crippen molar-refractivity contribution in [2.24, 2.45) is 0 Å². The number of benzene rings is 1. The van der Waals surface area contributed by atoms with E-state index >= 15 is 0 Å². The van der Waals surface area contributed by atoms with Crippen molar-refractivity contribution in [3.05, 3.63) is 46.7 Å². The second-order valence-corrected chi connectivity index (χ2v) is 12.1. The van der Waals surface area contributed by atoms with Crippen LogP contribution in [0.2, 0.25) is 5.02 Å². The molecule has 1 aromatic carbocycles. The van der Waals surface area contributed by atoms with Crippen LogP contribution in [0.3, 0.4) is 0 Å². The van der Waals surface area contributed by atoms with Gasteiger partial charge in [0.25, 0.3) is 5.91 Å². The number of aromatic nitrogens is 2. The fourth-order valence-electron chi connectivity index (χ4n) is 3.46. The fourth-order valence-corrected chi connectivity index (χ4v) is 6.53. The van der Waals surface area contributed by atoms with Gasteiger partial charge in [-0.1, -0.05) is 30.7 Å². The molecule has 1 aromatic heterocycles. The molecule has 1 aliphatic rings. The van der Waals surface area contributed by atoms with Crippen LogP contribution in [0.25, 0.3) is 0 Å². The lowest BCUT2D eigenvalue weighted by atomic mass is 10.1. The molecule has 1 atom stereocenters. The van der Waals surface area contributed by atoms with Crippen molar-refractivity contribution in [1.82, 2.24) is 14.9 Å². The third-order valence-corrected chi connectivity index (χ3v) is 8.82. The minimum atomic E-state index is -3.77. The zero-order valence-electron chi connectivity index (χ0n) is 17.7. The van der Waals surface area contributed by atoms with Gasteiger partial charge < -0.3 is 9.64 Å². The van der Waals surface area contributed by atoms with Crippen LogP contribution in [0.1, 0.15) is 35.8 Å². The van der Waals surface area contributed by atoms with Gasteiger partial charge in [0.05, 0.1) is 35.6 Å². The molecule has 0 spiro atoms. The Morgan fingerprint density at radius 2 is 1.97 bits per heavy atom. The SMILES string of the molecule is CCCS(=O)(=O)c1ncc(Cl)c(C(=O)N(Cc2ccc(OC)cc2)C2CCS(=O)(=O)C2)n1. The van der Waals surface area contributed by atoms with Crippen molar-refractivity contribution in [1.29, 1.82) is 0 Å². The monoisotopic (exact) mass is 501 g/mol. The van der Waals surface area contributed by atoms with Crippen LogP contribution in [0, 0.1) is 0 Å². The highest BCUT2D eigenvalue weighted by Gasteiger charge is 2.36. The van der Waals surface area contributed by atoms with Crippen molar-refractivity contribution in [2.45, 2.75) is 37.5 Å². The zero-order valence-corrected chi connectivity index (χ0v) is 20.1. The molecule has 1 saturated heterocycles. The number of nitrogens with zero attached hydrogens (tertiary/aromatic N) is 3. The summed E-state index contributed by atoms with van der Waals surface area (Å²) in [4.78, 5) is 22.6. The first-order valence-corrected chi connectivity index (χ1v) is 13.8. The Bertz CT molecular complexity index is 1200. The largest absolute Gasteiger partial charge is 0.497 e. The van der Waals surface area contributed by atoms with E-state index in [9.17, 15) is 21.6 Å². The molecule has 9 nitrogen and oxygen atoms in total. The summed E-state index contributed by atoms with van der Waals surface area (Å²) in [7, 11) is -5.52. The first-order chi connectivity index (χ1) is 15.1. The number of rotatable bonds is 8. The molecule has 1 unspecified atom stereocenters. The maximum absolute atomic E-state index is 13.5. The maximum Gasteiger partial charge on any atom is 0.274 e. The average molecular weight is 502 g/mol. The predicted molar refractivity (Wildman–Crippen MR) is 119 cm³/mol. The van der Waals surface area contributed by atoms with Crippen LogP contribution in [-0.2, 0) is 26.2 Å². The fraction of sp³-hybridized carbons (Fsp3) is 0.450. The van der Waals surface area contributed by atoms with Gasteiger partial charge in [-0.05, 0) is 30.5 Å². The zero-order chi connectivity index (χ0) is 23.5. The van der Waals surface area contributed by atoms with Gasteiger partial charge in [-0.2, -0.15) is 0 Å². The van der Waals surface area contributed by atoms with Gasteiger partial charge in [-0.15, -0.1) is 0 Å². The topological polar surface area (TPSA) is 124 Å². The Kier molecular flexibility index (Phi) is 7.41. The Morgan fingerprint density at radius 3 is 2.53 bits per heavy atom. The van der Waals surface area contributed by atoms with Crippen molar-refractivity contribution in [3.8, 4) is 5.75 Å². The molecule has 1 fully saturated rings. The molecule has 1 aliphatic heterocycles. The Labute approximate surface area is 192 Å². The summed E-state index contributed by atoms with van der Waals surface area (Å²) in [5, 5.41) is -0.582. The minimum absolute atomic E-state index is 0.0301. The summed E-state index contributed by atoms with van der Waals surface area (Å²) in [5.41, 5.74) is 0.474. The molecule has 174 valence electrons. The van der Waals surface area contributed by atoms with Gasteiger partial charge in [0.2, 0.25) is 15.0 Å². The molecule has 32 heavy (non-hydrogen) atoms. The van der Waals surface area contributed by atoms with Gasteiger partial charge in [0, 0.05) is 12.6 Å². The molecule has 3 rings (SSSR count). The lowest BCUT2D eigenvalue weighted by Crippen LogP contribution is -2.41. The lowest BCUT2D eigenvalue weighted by Gasteiger charge is -2.28. The van der Waals surface area contributed by atoms with Crippen LogP contribution < -0.4 is 4.74 Å². The minimum Gasteiger partial charge on any atom is -0.497 e. The molecule has 0 bridgehead atoms. The number of ether oxygens (including phenoxy) is 1. The summed E-state index contributed by atoms with van der Waals surface area (Å²) < 4.78 is 54.1. The molecular formula is C20H24ClN3O6S2. The number of hydrogen-bond acceptors (Lipinski definition) is 8. The first-order valence-electron chi connectivity index (χ1n) is 9.96. The van der Waals surface area contributed by atoms with Crippen LogP contribution in [0.15, 0.2) is 35.6 Å². The van der Waals surface area contributed by atoms with Crippen LogP contribution in [0.5, 0.6) is 5.75 Å². The maximum atomic E-state index is 13.5. The number of carbonyl (C=O) groups is 1. The molecule has 0 aliphatic carbocycles. The lowest BCUT2D eigenvalue weighted by molar-refractivity contribution is 0.0674. The Hall–Kier alpha value is -2.24. The van der Waals surface area contributed by atoms with Crippen molar-refractivity contribution >= 4 is 37.2 Å². The molecule has 1 amide bonds. The molecule has 12 heteroatoms. The van der Waals surface area contributed by atoms with E-state index in [4.69, 9.17) is 16.3 Å². The van der Waals surface area contributed by atoms with Gasteiger partial charge in [0.1, 0.15) is 5.75 Å². The number of carbonyl (C=O) groups excluding carboxylic acids is 1. The number of sulfone groups is 2. The Morgan fingerprint density at radius 1 is 1.28 bits per heavy atom. The van der Waals surface area contributed by atoms with E-state index in [-0.39, 0.29) is 40.9 Å². The van der Waals surface area contributed by atoms with Crippen molar-refractivity contribution < 1.29 is 26.4 Å². The summed E-state index contributed by atoms with van der Waals surface area (Å²) in [6.07, 6.45) is 1.72. The van der Waals surface area contributed by atoms with Crippen molar-refractivity contribution in [2.75, 3.05) is 24.4 Å². The molecule has 0 radical (unpaired) electrons. The summed E-state index contributed by atoms with van der Waals surface area (Å²) in [5.74, 6) is -0.391. The second kappa shape index (κ2) is 9.72. The van der Waals surface area contributed by atoms with Gasteiger partial charge in [0.15, 0.2) is 15.5 Å². The summed E-state index contributed by atoms with van der Waals surface area (Å²) in [6, 6.07) is 6.41. The molecule has 2 heterocycles. The van der Waals surface area contributed by atoms with E-state index in [0.717, 1.165) is 11.8 Å². The quantitative estimate of drug-likeness (QED) is 0.504. The first kappa shape index (κ1) is 24.4. The average Bonchev–Trinajstić information content (AvgIpc) is 3.11. The highest BCUT2D eigenvalue weighted by Crippen LogP contribution is 2.25. The number of amides is 1. The summed E-state index contributed by atoms with van der Waals surface area (Å²) in [6.45, 7) is 1.80. The number of hydrogen-bond donors (Lipinski definition) is 0. The van der Waals surface area contributed by atoms with Gasteiger partial charge in [-0.25, -0.2) is 26.8 Å². The van der Waals surface area contributed by atoms with Gasteiger partial charge >= 0.3 is 0 Å². The van der Waals surface area contributed by atoms with E-state index in [1.807, 2.05) is 0 Å². The van der Waals surface area contributed by atoms with Crippen molar-refractivity contribution in [3.63, 3.8) is 0 Å². The molecular weight excluding hydrogens is 478 g/mol. The standard InChI is InChI=1S/C20H24ClN3O6S2/c1-3-9-32(28,29)20-22-11-17(21)18(23-20)19(25)24(15-8-10-31(26,27)13-15)12-14-4-6-16(30-2)7-5-14/h4-7,11,15H,3,8-10,12-13H2,1-2H3. The van der Waals surface area contributed by atoms with E-state index in [0.29, 0.717) is 12.2 Å². The molecule has 0 N–H and O–H groups in total. The van der Waals surface area contributed by atoms with Crippen LogP contribution in [0.4, 0.5) is 0 Å². The highest BCUT2D eigenvalue weighted by atomic mass is 35.5.